The summed E-state index contributed by atoms with van der Waals surface area (Å²) in [7, 11) is 0. The van der Waals surface area contributed by atoms with E-state index in [0.717, 1.165) is 31.2 Å². The van der Waals surface area contributed by atoms with Crippen LogP contribution in [0.2, 0.25) is 0 Å². The standard InChI is InChI=1S/C11H20N2OS/c1-15-10-5-4-9(8-10)12-11(14)13-6-2-3-7-13/h9-10H,2-8H2,1H3,(H,12,14). The van der Waals surface area contributed by atoms with Crippen molar-refractivity contribution >= 4 is 17.8 Å². The van der Waals surface area contributed by atoms with E-state index < -0.39 is 0 Å². The molecule has 0 aromatic carbocycles. The number of rotatable bonds is 2. The highest BCUT2D eigenvalue weighted by Crippen LogP contribution is 2.28. The second-order valence-electron chi connectivity index (χ2n) is 4.51. The number of nitrogens with one attached hydrogen (secondary N) is 1. The molecule has 2 fully saturated rings. The van der Waals surface area contributed by atoms with Gasteiger partial charge in [0.25, 0.3) is 0 Å². The molecule has 1 N–H and O–H groups in total. The summed E-state index contributed by atoms with van der Waals surface area (Å²) in [5, 5.41) is 3.92. The molecule has 2 atom stereocenters. The van der Waals surface area contributed by atoms with Gasteiger partial charge in [0.1, 0.15) is 0 Å². The highest BCUT2D eigenvalue weighted by Gasteiger charge is 2.27. The third-order valence-electron chi connectivity index (χ3n) is 3.44. The molecule has 0 aromatic rings. The monoisotopic (exact) mass is 228 g/mol. The van der Waals surface area contributed by atoms with Gasteiger partial charge in [-0.05, 0) is 38.4 Å². The molecule has 3 nitrogen and oxygen atoms in total. The maximum Gasteiger partial charge on any atom is 0.317 e. The first-order valence-corrected chi connectivity index (χ1v) is 7.16. The predicted octanol–water partition coefficient (Wildman–Crippen LogP) is 2.08. The molecule has 2 rings (SSSR count). The van der Waals surface area contributed by atoms with Gasteiger partial charge >= 0.3 is 6.03 Å². The van der Waals surface area contributed by atoms with Crippen LogP contribution in [-0.4, -0.2) is 41.6 Å². The third kappa shape index (κ3) is 2.80. The Morgan fingerprint density at radius 1 is 1.33 bits per heavy atom. The van der Waals surface area contributed by atoms with Gasteiger partial charge in [0.15, 0.2) is 0 Å². The quantitative estimate of drug-likeness (QED) is 0.785. The van der Waals surface area contributed by atoms with Crippen LogP contribution in [0.15, 0.2) is 0 Å². The topological polar surface area (TPSA) is 32.3 Å². The molecule has 1 heterocycles. The maximum absolute atomic E-state index is 11.8. The van der Waals surface area contributed by atoms with Crippen molar-refractivity contribution in [3.05, 3.63) is 0 Å². The molecule has 15 heavy (non-hydrogen) atoms. The Kier molecular flexibility index (Phi) is 3.78. The van der Waals surface area contributed by atoms with Crippen molar-refractivity contribution in [3.8, 4) is 0 Å². The van der Waals surface area contributed by atoms with Crippen molar-refractivity contribution in [2.45, 2.75) is 43.4 Å². The Morgan fingerprint density at radius 3 is 2.67 bits per heavy atom. The molecule has 1 aliphatic carbocycles. The molecule has 86 valence electrons. The van der Waals surface area contributed by atoms with Crippen LogP contribution < -0.4 is 5.32 Å². The highest BCUT2D eigenvalue weighted by molar-refractivity contribution is 7.99. The molecule has 0 spiro atoms. The Morgan fingerprint density at radius 2 is 2.07 bits per heavy atom. The number of hydrogen-bond donors (Lipinski definition) is 1. The van der Waals surface area contributed by atoms with Crippen LogP contribution in [0.3, 0.4) is 0 Å². The van der Waals surface area contributed by atoms with E-state index in [-0.39, 0.29) is 6.03 Å². The first kappa shape index (κ1) is 11.1. The first-order valence-electron chi connectivity index (χ1n) is 5.88. The fourth-order valence-electron chi connectivity index (χ4n) is 2.47. The van der Waals surface area contributed by atoms with Gasteiger partial charge in [-0.15, -0.1) is 0 Å². The molecular weight excluding hydrogens is 208 g/mol. The fraction of sp³-hybridized carbons (Fsp3) is 0.909. The average Bonchev–Trinajstić information content (AvgIpc) is 2.87. The number of urea groups is 1. The Balaban J connectivity index is 1.74. The normalized spacial score (nSPS) is 30.9. The summed E-state index contributed by atoms with van der Waals surface area (Å²) in [5.74, 6) is 0. The molecule has 0 bridgehead atoms. The second kappa shape index (κ2) is 5.10. The summed E-state index contributed by atoms with van der Waals surface area (Å²) in [5.41, 5.74) is 0. The summed E-state index contributed by atoms with van der Waals surface area (Å²) in [6.45, 7) is 1.90. The SMILES string of the molecule is CSC1CCC(NC(=O)N2CCCC2)C1. The molecule has 2 unspecified atom stereocenters. The molecule has 2 aliphatic rings. The third-order valence-corrected chi connectivity index (χ3v) is 4.53. The van der Waals surface area contributed by atoms with Crippen LogP contribution in [0.1, 0.15) is 32.1 Å². The van der Waals surface area contributed by atoms with Crippen molar-refractivity contribution in [2.24, 2.45) is 0 Å². The molecule has 0 radical (unpaired) electrons. The smallest absolute Gasteiger partial charge is 0.317 e. The van der Waals surface area contributed by atoms with E-state index in [1.807, 2.05) is 16.7 Å². The van der Waals surface area contributed by atoms with Crippen molar-refractivity contribution < 1.29 is 4.79 Å². The van der Waals surface area contributed by atoms with E-state index in [2.05, 4.69) is 11.6 Å². The number of amides is 2. The molecule has 1 saturated heterocycles. The Bertz CT molecular complexity index is 229. The number of nitrogens with zero attached hydrogens (tertiary/aromatic N) is 1. The summed E-state index contributed by atoms with van der Waals surface area (Å²) in [4.78, 5) is 13.8. The number of thioether (sulfide) groups is 1. The van der Waals surface area contributed by atoms with E-state index in [1.54, 1.807) is 0 Å². The Hall–Kier alpha value is -0.380. The van der Waals surface area contributed by atoms with E-state index in [1.165, 1.54) is 19.3 Å². The molecule has 2 amide bonds. The van der Waals surface area contributed by atoms with Gasteiger partial charge < -0.3 is 10.2 Å². The minimum Gasteiger partial charge on any atom is -0.335 e. The van der Waals surface area contributed by atoms with Gasteiger partial charge in [-0.25, -0.2) is 4.79 Å². The fourth-order valence-corrected chi connectivity index (χ4v) is 3.27. The van der Waals surface area contributed by atoms with Crippen LogP contribution in [0.25, 0.3) is 0 Å². The van der Waals surface area contributed by atoms with E-state index in [0.29, 0.717) is 6.04 Å². The van der Waals surface area contributed by atoms with Crippen molar-refractivity contribution in [1.29, 1.82) is 0 Å². The summed E-state index contributed by atoms with van der Waals surface area (Å²) < 4.78 is 0. The largest absolute Gasteiger partial charge is 0.335 e. The van der Waals surface area contributed by atoms with Gasteiger partial charge in [-0.1, -0.05) is 0 Å². The number of carbonyl (C=O) groups is 1. The van der Waals surface area contributed by atoms with E-state index in [9.17, 15) is 4.79 Å². The first-order chi connectivity index (χ1) is 7.29. The molecule has 4 heteroatoms. The van der Waals surface area contributed by atoms with Gasteiger partial charge in [0.2, 0.25) is 0 Å². The maximum atomic E-state index is 11.8. The van der Waals surface area contributed by atoms with Crippen LogP contribution in [0.4, 0.5) is 4.79 Å². The van der Waals surface area contributed by atoms with Crippen molar-refractivity contribution in [3.63, 3.8) is 0 Å². The zero-order chi connectivity index (χ0) is 10.7. The summed E-state index contributed by atoms with van der Waals surface area (Å²) >= 11 is 1.93. The second-order valence-corrected chi connectivity index (χ2v) is 5.65. The molecule has 0 aromatic heterocycles. The van der Waals surface area contributed by atoms with Gasteiger partial charge in [0.05, 0.1) is 0 Å². The Labute approximate surface area is 96.0 Å². The van der Waals surface area contributed by atoms with Gasteiger partial charge in [-0.3, -0.25) is 0 Å². The minimum atomic E-state index is 0.166. The summed E-state index contributed by atoms with van der Waals surface area (Å²) in [6.07, 6.45) is 8.07. The molecular formula is C11H20N2OS. The van der Waals surface area contributed by atoms with Crippen LogP contribution in [0.5, 0.6) is 0 Å². The van der Waals surface area contributed by atoms with Crippen LogP contribution in [-0.2, 0) is 0 Å². The van der Waals surface area contributed by atoms with Crippen molar-refractivity contribution in [2.75, 3.05) is 19.3 Å². The van der Waals surface area contributed by atoms with E-state index in [4.69, 9.17) is 0 Å². The van der Waals surface area contributed by atoms with Crippen LogP contribution in [0, 0.1) is 0 Å². The van der Waals surface area contributed by atoms with E-state index >= 15 is 0 Å². The zero-order valence-electron chi connectivity index (χ0n) is 9.37. The van der Waals surface area contributed by atoms with Gasteiger partial charge in [-0.2, -0.15) is 11.8 Å². The number of hydrogen-bond acceptors (Lipinski definition) is 2. The molecule has 1 aliphatic heterocycles. The lowest BCUT2D eigenvalue weighted by Crippen LogP contribution is -2.42. The zero-order valence-corrected chi connectivity index (χ0v) is 10.2. The minimum absolute atomic E-state index is 0.166. The van der Waals surface area contributed by atoms with Crippen molar-refractivity contribution in [1.82, 2.24) is 10.2 Å². The molecule has 1 saturated carbocycles. The highest BCUT2D eigenvalue weighted by atomic mass is 32.2. The van der Waals surface area contributed by atoms with Crippen LogP contribution >= 0.6 is 11.8 Å². The lowest BCUT2D eigenvalue weighted by Gasteiger charge is -2.20. The summed E-state index contributed by atoms with van der Waals surface area (Å²) in [6, 6.07) is 0.592. The average molecular weight is 228 g/mol. The lowest BCUT2D eigenvalue weighted by molar-refractivity contribution is 0.204. The van der Waals surface area contributed by atoms with Gasteiger partial charge in [0, 0.05) is 24.4 Å². The number of likely N-dealkylation sites (tertiary alicyclic amines) is 1. The lowest BCUT2D eigenvalue weighted by atomic mass is 10.2. The predicted molar refractivity (Wildman–Crippen MR) is 64.3 cm³/mol. The number of carbonyl (C=O) groups excluding carboxylic acids is 1.